The number of fused-ring (bicyclic) bond motifs is 1. The summed E-state index contributed by atoms with van der Waals surface area (Å²) in [7, 11) is 2.04. The lowest BCUT2D eigenvalue weighted by molar-refractivity contribution is -0.116. The zero-order valence-electron chi connectivity index (χ0n) is 14.7. The number of ether oxygens (including phenoxy) is 1. The number of imidazole rings is 1. The average molecular weight is 330 g/mol. The molecule has 0 saturated carbocycles. The Balaban J connectivity index is 1.76. The van der Waals surface area contributed by atoms with Gasteiger partial charge in [-0.2, -0.15) is 0 Å². The average Bonchev–Trinajstić information content (AvgIpc) is 2.83. The van der Waals surface area contributed by atoms with Crippen LogP contribution in [-0.2, 0) is 23.1 Å². The third kappa shape index (κ3) is 3.94. The third-order valence-electron chi connectivity index (χ3n) is 4.32. The van der Waals surface area contributed by atoms with Gasteiger partial charge in [0.15, 0.2) is 0 Å². The molecule has 1 aliphatic heterocycles. The fourth-order valence-electron chi connectivity index (χ4n) is 3.01. The van der Waals surface area contributed by atoms with Crippen LogP contribution in [0, 0.1) is 5.92 Å². The van der Waals surface area contributed by atoms with E-state index in [0.29, 0.717) is 12.3 Å². The topological polar surface area (TPSA) is 59.4 Å². The van der Waals surface area contributed by atoms with Gasteiger partial charge in [-0.3, -0.25) is 9.69 Å². The molecule has 0 unspecified atom stereocenters. The maximum Gasteiger partial charge on any atom is 0.224 e. The standard InChI is InChI=1S/C18H26N4O2/c1-13(2)10-18(23)19-14-4-5-16-15(11-14)20-17(21(16)3)12-22-6-8-24-9-7-22/h4-5,11,13H,6-10,12H2,1-3H3,(H,19,23). The molecule has 6 heteroatoms. The number of hydrogen-bond donors (Lipinski definition) is 1. The highest BCUT2D eigenvalue weighted by Crippen LogP contribution is 2.21. The minimum absolute atomic E-state index is 0.0498. The van der Waals surface area contributed by atoms with E-state index in [1.54, 1.807) is 0 Å². The Morgan fingerprint density at radius 1 is 1.33 bits per heavy atom. The molecule has 3 rings (SSSR count). The molecule has 0 spiro atoms. The highest BCUT2D eigenvalue weighted by molar-refractivity contribution is 5.93. The van der Waals surface area contributed by atoms with Crippen molar-refractivity contribution >= 4 is 22.6 Å². The van der Waals surface area contributed by atoms with E-state index in [4.69, 9.17) is 9.72 Å². The summed E-state index contributed by atoms with van der Waals surface area (Å²) in [6.45, 7) is 8.37. The molecule has 1 amide bonds. The Labute approximate surface area is 142 Å². The van der Waals surface area contributed by atoms with Crippen LogP contribution < -0.4 is 5.32 Å². The summed E-state index contributed by atoms with van der Waals surface area (Å²) in [4.78, 5) is 19.1. The lowest BCUT2D eigenvalue weighted by Gasteiger charge is -2.26. The van der Waals surface area contributed by atoms with E-state index in [2.05, 4.69) is 14.8 Å². The summed E-state index contributed by atoms with van der Waals surface area (Å²) in [6, 6.07) is 5.92. The van der Waals surface area contributed by atoms with Gasteiger partial charge in [-0.25, -0.2) is 4.98 Å². The van der Waals surface area contributed by atoms with Gasteiger partial charge in [0.25, 0.3) is 0 Å². The first kappa shape index (κ1) is 16.9. The Bertz CT molecular complexity index is 717. The first-order valence-corrected chi connectivity index (χ1v) is 8.58. The molecule has 1 aromatic heterocycles. The number of amides is 1. The summed E-state index contributed by atoms with van der Waals surface area (Å²) in [5.41, 5.74) is 2.81. The summed E-state index contributed by atoms with van der Waals surface area (Å²) in [5, 5.41) is 2.96. The van der Waals surface area contributed by atoms with Crippen LogP contribution in [0.5, 0.6) is 0 Å². The second kappa shape index (κ2) is 7.32. The number of nitrogens with zero attached hydrogens (tertiary/aromatic N) is 3. The van der Waals surface area contributed by atoms with Crippen molar-refractivity contribution in [1.29, 1.82) is 0 Å². The number of hydrogen-bond acceptors (Lipinski definition) is 4. The second-order valence-electron chi connectivity index (χ2n) is 6.83. The Hall–Kier alpha value is -1.92. The van der Waals surface area contributed by atoms with Gasteiger partial charge < -0.3 is 14.6 Å². The summed E-state index contributed by atoms with van der Waals surface area (Å²) >= 11 is 0. The van der Waals surface area contributed by atoms with Crippen LogP contribution in [0.1, 0.15) is 26.1 Å². The van der Waals surface area contributed by atoms with Crippen LogP contribution in [0.4, 0.5) is 5.69 Å². The van der Waals surface area contributed by atoms with Gasteiger partial charge in [0.2, 0.25) is 5.91 Å². The van der Waals surface area contributed by atoms with Crippen molar-refractivity contribution < 1.29 is 9.53 Å². The molecule has 0 atom stereocenters. The fraction of sp³-hybridized carbons (Fsp3) is 0.556. The lowest BCUT2D eigenvalue weighted by atomic mass is 10.1. The number of nitrogens with one attached hydrogen (secondary N) is 1. The summed E-state index contributed by atoms with van der Waals surface area (Å²) in [5.74, 6) is 1.44. The zero-order chi connectivity index (χ0) is 17.1. The number of carbonyl (C=O) groups excluding carboxylic acids is 1. The molecular weight excluding hydrogens is 304 g/mol. The van der Waals surface area contributed by atoms with E-state index in [-0.39, 0.29) is 5.91 Å². The quantitative estimate of drug-likeness (QED) is 0.914. The molecule has 1 aromatic carbocycles. The van der Waals surface area contributed by atoms with Crippen LogP contribution in [0.2, 0.25) is 0 Å². The molecule has 1 saturated heterocycles. The predicted octanol–water partition coefficient (Wildman–Crippen LogP) is 2.39. The van der Waals surface area contributed by atoms with Crippen molar-refractivity contribution in [3.63, 3.8) is 0 Å². The number of aryl methyl sites for hydroxylation is 1. The molecule has 1 aliphatic rings. The molecule has 0 aliphatic carbocycles. The van der Waals surface area contributed by atoms with Crippen molar-refractivity contribution in [1.82, 2.24) is 14.5 Å². The van der Waals surface area contributed by atoms with Crippen molar-refractivity contribution in [3.8, 4) is 0 Å². The molecule has 2 aromatic rings. The number of benzene rings is 1. The number of carbonyl (C=O) groups is 1. The first-order chi connectivity index (χ1) is 11.5. The normalized spacial score (nSPS) is 16.0. The molecule has 1 fully saturated rings. The van der Waals surface area contributed by atoms with Crippen LogP contribution in [-0.4, -0.2) is 46.7 Å². The maximum atomic E-state index is 11.9. The molecule has 24 heavy (non-hydrogen) atoms. The Kier molecular flexibility index (Phi) is 5.16. The van der Waals surface area contributed by atoms with E-state index >= 15 is 0 Å². The number of anilines is 1. The van der Waals surface area contributed by atoms with Crippen molar-refractivity contribution in [3.05, 3.63) is 24.0 Å². The first-order valence-electron chi connectivity index (χ1n) is 8.58. The van der Waals surface area contributed by atoms with Gasteiger partial charge in [0.1, 0.15) is 5.82 Å². The van der Waals surface area contributed by atoms with Crippen molar-refractivity contribution in [2.45, 2.75) is 26.8 Å². The van der Waals surface area contributed by atoms with E-state index in [9.17, 15) is 4.79 Å². The smallest absolute Gasteiger partial charge is 0.224 e. The van der Waals surface area contributed by atoms with Crippen LogP contribution in [0.3, 0.4) is 0 Å². The fourth-order valence-corrected chi connectivity index (χ4v) is 3.01. The van der Waals surface area contributed by atoms with E-state index in [0.717, 1.165) is 55.4 Å². The van der Waals surface area contributed by atoms with Gasteiger partial charge in [0, 0.05) is 32.2 Å². The van der Waals surface area contributed by atoms with E-state index < -0.39 is 0 Å². The molecule has 1 N–H and O–H groups in total. The molecule has 6 nitrogen and oxygen atoms in total. The Morgan fingerprint density at radius 2 is 2.08 bits per heavy atom. The van der Waals surface area contributed by atoms with Gasteiger partial charge in [-0.05, 0) is 24.1 Å². The SMILES string of the molecule is CC(C)CC(=O)Nc1ccc2c(c1)nc(CN1CCOCC1)n2C. The molecule has 2 heterocycles. The van der Waals surface area contributed by atoms with Crippen LogP contribution in [0.15, 0.2) is 18.2 Å². The van der Waals surface area contributed by atoms with Gasteiger partial charge in [0.05, 0.1) is 30.8 Å². The molecule has 130 valence electrons. The van der Waals surface area contributed by atoms with Gasteiger partial charge in [-0.1, -0.05) is 13.8 Å². The Morgan fingerprint density at radius 3 is 2.79 bits per heavy atom. The molecular formula is C18H26N4O2. The number of morpholine rings is 1. The lowest BCUT2D eigenvalue weighted by Crippen LogP contribution is -2.36. The van der Waals surface area contributed by atoms with Crippen molar-refractivity contribution in [2.75, 3.05) is 31.6 Å². The predicted molar refractivity (Wildman–Crippen MR) is 94.9 cm³/mol. The number of rotatable bonds is 5. The minimum atomic E-state index is 0.0498. The molecule has 0 radical (unpaired) electrons. The minimum Gasteiger partial charge on any atom is -0.379 e. The van der Waals surface area contributed by atoms with Gasteiger partial charge >= 0.3 is 0 Å². The highest BCUT2D eigenvalue weighted by Gasteiger charge is 2.15. The third-order valence-corrected chi connectivity index (χ3v) is 4.32. The van der Waals surface area contributed by atoms with Crippen molar-refractivity contribution in [2.24, 2.45) is 13.0 Å². The maximum absolute atomic E-state index is 11.9. The second-order valence-corrected chi connectivity index (χ2v) is 6.83. The summed E-state index contributed by atoms with van der Waals surface area (Å²) < 4.78 is 7.53. The zero-order valence-corrected chi connectivity index (χ0v) is 14.7. The summed E-state index contributed by atoms with van der Waals surface area (Å²) in [6.07, 6.45) is 0.530. The van der Waals surface area contributed by atoms with E-state index in [1.807, 2.05) is 39.1 Å². The van der Waals surface area contributed by atoms with Crippen LogP contribution >= 0.6 is 0 Å². The van der Waals surface area contributed by atoms with Crippen LogP contribution in [0.25, 0.3) is 11.0 Å². The highest BCUT2D eigenvalue weighted by atomic mass is 16.5. The van der Waals surface area contributed by atoms with Gasteiger partial charge in [-0.15, -0.1) is 0 Å². The number of aromatic nitrogens is 2. The monoisotopic (exact) mass is 330 g/mol. The molecule has 0 bridgehead atoms. The van der Waals surface area contributed by atoms with E-state index in [1.165, 1.54) is 0 Å². The largest absolute Gasteiger partial charge is 0.379 e.